The Hall–Kier alpha value is -0.0800. The monoisotopic (exact) mass is 210 g/mol. The first kappa shape index (κ1) is 11.4. The Kier molecular flexibility index (Phi) is 3.68. The fourth-order valence-corrected chi connectivity index (χ4v) is 2.98. The summed E-state index contributed by atoms with van der Waals surface area (Å²) in [6.45, 7) is 9.52. The van der Waals surface area contributed by atoms with Crippen LogP contribution in [0.25, 0.3) is 0 Å². The van der Waals surface area contributed by atoms with E-state index in [0.29, 0.717) is 0 Å². The van der Waals surface area contributed by atoms with Crippen molar-refractivity contribution < 1.29 is 0 Å². The van der Waals surface area contributed by atoms with Crippen LogP contribution in [0.3, 0.4) is 0 Å². The van der Waals surface area contributed by atoms with Crippen LogP contribution in [0.4, 0.5) is 0 Å². The van der Waals surface area contributed by atoms with Crippen LogP contribution in [0.1, 0.15) is 46.5 Å². The van der Waals surface area contributed by atoms with Gasteiger partial charge in [0.05, 0.1) is 0 Å². The van der Waals surface area contributed by atoms with Gasteiger partial charge in [-0.1, -0.05) is 27.2 Å². The van der Waals surface area contributed by atoms with E-state index in [9.17, 15) is 0 Å². The van der Waals surface area contributed by atoms with E-state index in [4.69, 9.17) is 0 Å². The second-order valence-corrected chi connectivity index (χ2v) is 5.43. The van der Waals surface area contributed by atoms with Gasteiger partial charge in [0.1, 0.15) is 0 Å². The third kappa shape index (κ3) is 2.54. The van der Waals surface area contributed by atoms with Crippen LogP contribution in [0, 0.1) is 5.92 Å². The zero-order valence-electron chi connectivity index (χ0n) is 10.5. The van der Waals surface area contributed by atoms with Crippen molar-refractivity contribution >= 4 is 0 Å². The lowest BCUT2D eigenvalue weighted by Crippen LogP contribution is -2.57. The van der Waals surface area contributed by atoms with Gasteiger partial charge < -0.3 is 5.32 Å². The number of hydrogen-bond donors (Lipinski definition) is 1. The smallest absolute Gasteiger partial charge is 0.0221 e. The molecular weight excluding hydrogens is 184 g/mol. The van der Waals surface area contributed by atoms with Crippen LogP contribution in [-0.2, 0) is 0 Å². The molecule has 2 rings (SSSR count). The average molecular weight is 210 g/mol. The van der Waals surface area contributed by atoms with Crippen molar-refractivity contribution in [2.75, 3.05) is 13.1 Å². The quantitative estimate of drug-likeness (QED) is 0.765. The van der Waals surface area contributed by atoms with E-state index in [2.05, 4.69) is 31.0 Å². The fraction of sp³-hybridized carbons (Fsp3) is 1.00. The molecule has 1 aliphatic carbocycles. The molecule has 1 heterocycles. The van der Waals surface area contributed by atoms with E-state index in [-0.39, 0.29) is 0 Å². The van der Waals surface area contributed by atoms with Crippen LogP contribution in [0.5, 0.6) is 0 Å². The van der Waals surface area contributed by atoms with Gasteiger partial charge in [-0.15, -0.1) is 0 Å². The summed E-state index contributed by atoms with van der Waals surface area (Å²) < 4.78 is 0. The van der Waals surface area contributed by atoms with Crippen molar-refractivity contribution in [2.24, 2.45) is 5.92 Å². The summed E-state index contributed by atoms with van der Waals surface area (Å²) in [5, 5.41) is 3.71. The Morgan fingerprint density at radius 2 is 2.07 bits per heavy atom. The van der Waals surface area contributed by atoms with Gasteiger partial charge in [0.2, 0.25) is 0 Å². The minimum Gasteiger partial charge on any atom is -0.311 e. The Morgan fingerprint density at radius 3 is 2.60 bits per heavy atom. The van der Waals surface area contributed by atoms with E-state index in [1.165, 1.54) is 38.8 Å². The molecule has 0 aromatic heterocycles. The summed E-state index contributed by atoms with van der Waals surface area (Å²) in [6.07, 6.45) is 5.39. The van der Waals surface area contributed by atoms with Crippen LogP contribution < -0.4 is 5.32 Å². The molecule has 2 nitrogen and oxygen atoms in total. The van der Waals surface area contributed by atoms with Crippen molar-refractivity contribution in [3.8, 4) is 0 Å². The molecule has 15 heavy (non-hydrogen) atoms. The molecule has 2 aliphatic rings. The molecule has 2 heteroatoms. The molecule has 4 atom stereocenters. The zero-order valence-corrected chi connectivity index (χ0v) is 10.5. The molecule has 1 saturated heterocycles. The fourth-order valence-electron chi connectivity index (χ4n) is 2.98. The Bertz CT molecular complexity index is 205. The average Bonchev–Trinajstić information content (AvgIpc) is 2.96. The van der Waals surface area contributed by atoms with E-state index < -0.39 is 0 Å². The van der Waals surface area contributed by atoms with Crippen LogP contribution in [0.2, 0.25) is 0 Å². The summed E-state index contributed by atoms with van der Waals surface area (Å²) >= 11 is 0. The minimum atomic E-state index is 0.755. The van der Waals surface area contributed by atoms with E-state index in [0.717, 1.165) is 24.0 Å². The number of piperazine rings is 1. The van der Waals surface area contributed by atoms with E-state index in [1.807, 2.05) is 0 Å². The highest BCUT2D eigenvalue weighted by Crippen LogP contribution is 2.37. The SMILES string of the molecule is CCCC1CN(C2CC2C)C(CC)CN1. The van der Waals surface area contributed by atoms with Crippen molar-refractivity contribution in [1.82, 2.24) is 10.2 Å². The zero-order chi connectivity index (χ0) is 10.8. The van der Waals surface area contributed by atoms with Gasteiger partial charge in [0, 0.05) is 31.2 Å². The summed E-state index contributed by atoms with van der Waals surface area (Å²) in [5.41, 5.74) is 0. The summed E-state index contributed by atoms with van der Waals surface area (Å²) in [4.78, 5) is 2.79. The van der Waals surface area contributed by atoms with E-state index >= 15 is 0 Å². The van der Waals surface area contributed by atoms with Gasteiger partial charge in [-0.25, -0.2) is 0 Å². The Morgan fingerprint density at radius 1 is 1.33 bits per heavy atom. The number of nitrogens with one attached hydrogen (secondary N) is 1. The molecular formula is C13H26N2. The van der Waals surface area contributed by atoms with Gasteiger partial charge in [-0.3, -0.25) is 4.90 Å². The third-order valence-corrected chi connectivity index (χ3v) is 4.14. The molecule has 0 amide bonds. The van der Waals surface area contributed by atoms with Crippen molar-refractivity contribution in [1.29, 1.82) is 0 Å². The Balaban J connectivity index is 1.90. The van der Waals surface area contributed by atoms with Gasteiger partial charge in [-0.2, -0.15) is 0 Å². The molecule has 1 saturated carbocycles. The molecule has 0 radical (unpaired) electrons. The predicted molar refractivity (Wildman–Crippen MR) is 65.1 cm³/mol. The largest absolute Gasteiger partial charge is 0.311 e. The maximum absolute atomic E-state index is 3.71. The maximum Gasteiger partial charge on any atom is 0.0221 e. The highest BCUT2D eigenvalue weighted by Gasteiger charge is 2.42. The first-order valence-corrected chi connectivity index (χ1v) is 6.75. The first-order chi connectivity index (χ1) is 7.26. The predicted octanol–water partition coefficient (Wildman–Crippen LogP) is 2.25. The minimum absolute atomic E-state index is 0.755. The van der Waals surface area contributed by atoms with Gasteiger partial charge in [0.25, 0.3) is 0 Å². The second kappa shape index (κ2) is 4.84. The number of hydrogen-bond acceptors (Lipinski definition) is 2. The molecule has 1 N–H and O–H groups in total. The first-order valence-electron chi connectivity index (χ1n) is 6.75. The molecule has 88 valence electrons. The molecule has 0 aromatic rings. The maximum atomic E-state index is 3.71. The van der Waals surface area contributed by atoms with Crippen LogP contribution >= 0.6 is 0 Å². The van der Waals surface area contributed by atoms with Gasteiger partial charge in [0.15, 0.2) is 0 Å². The molecule has 2 fully saturated rings. The molecule has 1 aliphatic heterocycles. The number of rotatable bonds is 4. The normalized spacial score (nSPS) is 41.8. The third-order valence-electron chi connectivity index (χ3n) is 4.14. The highest BCUT2D eigenvalue weighted by molar-refractivity contribution is 4.98. The molecule has 0 spiro atoms. The molecule has 0 aromatic carbocycles. The Labute approximate surface area is 94.4 Å². The van der Waals surface area contributed by atoms with Crippen LogP contribution in [0.15, 0.2) is 0 Å². The summed E-state index contributed by atoms with van der Waals surface area (Å²) in [6, 6.07) is 2.47. The topological polar surface area (TPSA) is 15.3 Å². The van der Waals surface area contributed by atoms with Crippen molar-refractivity contribution in [3.63, 3.8) is 0 Å². The van der Waals surface area contributed by atoms with Crippen molar-refractivity contribution in [2.45, 2.75) is 64.6 Å². The molecule has 0 bridgehead atoms. The lowest BCUT2D eigenvalue weighted by atomic mass is 10.0. The van der Waals surface area contributed by atoms with Gasteiger partial charge >= 0.3 is 0 Å². The summed E-state index contributed by atoms with van der Waals surface area (Å²) in [5.74, 6) is 0.958. The standard InChI is InChI=1S/C13H26N2/c1-4-6-11-9-15(13-7-10(13)3)12(5-2)8-14-11/h10-14H,4-9H2,1-3H3. The summed E-state index contributed by atoms with van der Waals surface area (Å²) in [7, 11) is 0. The second-order valence-electron chi connectivity index (χ2n) is 5.43. The highest BCUT2D eigenvalue weighted by atomic mass is 15.3. The number of nitrogens with zero attached hydrogens (tertiary/aromatic N) is 1. The van der Waals surface area contributed by atoms with E-state index in [1.54, 1.807) is 0 Å². The molecule has 4 unspecified atom stereocenters. The van der Waals surface area contributed by atoms with Crippen molar-refractivity contribution in [3.05, 3.63) is 0 Å². The lowest BCUT2D eigenvalue weighted by Gasteiger charge is -2.40. The lowest BCUT2D eigenvalue weighted by molar-refractivity contribution is 0.110. The van der Waals surface area contributed by atoms with Gasteiger partial charge in [-0.05, 0) is 25.2 Å². The van der Waals surface area contributed by atoms with Crippen LogP contribution in [-0.4, -0.2) is 36.1 Å².